The summed E-state index contributed by atoms with van der Waals surface area (Å²) >= 11 is 0. The van der Waals surface area contributed by atoms with E-state index in [2.05, 4.69) is 10.6 Å². The van der Waals surface area contributed by atoms with Crippen LogP contribution in [0.5, 0.6) is 0 Å². The Morgan fingerprint density at radius 3 is 2.77 bits per heavy atom. The number of rotatable bonds is 6. The Labute approximate surface area is 79.0 Å². The molecule has 0 aliphatic heterocycles. The van der Waals surface area contributed by atoms with Crippen LogP contribution in [0.4, 0.5) is 0 Å². The molecule has 1 saturated carbocycles. The van der Waals surface area contributed by atoms with Gasteiger partial charge in [0.1, 0.15) is 6.10 Å². The van der Waals surface area contributed by atoms with Crippen molar-refractivity contribution in [2.24, 2.45) is 0 Å². The van der Waals surface area contributed by atoms with Crippen molar-refractivity contribution in [2.75, 3.05) is 20.2 Å². The van der Waals surface area contributed by atoms with Crippen molar-refractivity contribution in [1.29, 1.82) is 0 Å². The zero-order valence-corrected chi connectivity index (χ0v) is 8.30. The molecule has 4 heteroatoms. The lowest BCUT2D eigenvalue weighted by atomic mass is 10.4. The Bertz CT molecular complexity index is 169. The van der Waals surface area contributed by atoms with Gasteiger partial charge in [-0.2, -0.15) is 0 Å². The Hall–Kier alpha value is -0.610. The smallest absolute Gasteiger partial charge is 0.248 e. The minimum Gasteiger partial charge on any atom is -0.372 e. The molecule has 1 rings (SSSR count). The molecule has 76 valence electrons. The molecule has 1 unspecified atom stereocenters. The average molecular weight is 186 g/mol. The van der Waals surface area contributed by atoms with Gasteiger partial charge in [-0.25, -0.2) is 0 Å². The van der Waals surface area contributed by atoms with Crippen molar-refractivity contribution >= 4 is 5.91 Å². The molecule has 0 spiro atoms. The van der Waals surface area contributed by atoms with Gasteiger partial charge in [0.15, 0.2) is 0 Å². The second-order valence-electron chi connectivity index (χ2n) is 3.40. The van der Waals surface area contributed by atoms with Crippen LogP contribution in [0.1, 0.15) is 19.8 Å². The van der Waals surface area contributed by atoms with Crippen molar-refractivity contribution < 1.29 is 9.53 Å². The van der Waals surface area contributed by atoms with E-state index >= 15 is 0 Å². The van der Waals surface area contributed by atoms with E-state index in [9.17, 15) is 4.79 Å². The summed E-state index contributed by atoms with van der Waals surface area (Å²) in [5.74, 6) is -0.0416. The van der Waals surface area contributed by atoms with Gasteiger partial charge in [-0.1, -0.05) is 0 Å². The van der Waals surface area contributed by atoms with E-state index in [0.29, 0.717) is 12.6 Å². The fraction of sp³-hybridized carbons (Fsp3) is 0.889. The van der Waals surface area contributed by atoms with E-state index in [1.807, 2.05) is 0 Å². The minimum absolute atomic E-state index is 0.0416. The van der Waals surface area contributed by atoms with Gasteiger partial charge < -0.3 is 15.4 Å². The lowest BCUT2D eigenvalue weighted by Crippen LogP contribution is -2.38. The van der Waals surface area contributed by atoms with Gasteiger partial charge >= 0.3 is 0 Å². The summed E-state index contributed by atoms with van der Waals surface area (Å²) < 4.78 is 4.87. The fourth-order valence-corrected chi connectivity index (χ4v) is 1.00. The Morgan fingerprint density at radius 2 is 2.23 bits per heavy atom. The fourth-order valence-electron chi connectivity index (χ4n) is 1.00. The maximum absolute atomic E-state index is 11.2. The Kier molecular flexibility index (Phi) is 4.18. The minimum atomic E-state index is -0.346. The lowest BCUT2D eigenvalue weighted by Gasteiger charge is -2.10. The van der Waals surface area contributed by atoms with E-state index in [0.717, 1.165) is 6.54 Å². The van der Waals surface area contributed by atoms with Crippen molar-refractivity contribution in [3.63, 3.8) is 0 Å². The molecule has 0 aromatic heterocycles. The van der Waals surface area contributed by atoms with E-state index in [1.54, 1.807) is 6.92 Å². The Balaban J connectivity index is 1.94. The standard InChI is InChI=1S/C9H18N2O2/c1-7(13-2)9(12)11-6-5-10-8-3-4-8/h7-8,10H,3-6H2,1-2H3,(H,11,12). The van der Waals surface area contributed by atoms with E-state index in [1.165, 1.54) is 20.0 Å². The predicted molar refractivity (Wildman–Crippen MR) is 50.5 cm³/mol. The van der Waals surface area contributed by atoms with Crippen LogP contribution < -0.4 is 10.6 Å². The summed E-state index contributed by atoms with van der Waals surface area (Å²) in [6, 6.07) is 0.705. The van der Waals surface area contributed by atoms with Crippen LogP contribution in [0.2, 0.25) is 0 Å². The molecule has 0 radical (unpaired) electrons. The highest BCUT2D eigenvalue weighted by Crippen LogP contribution is 2.17. The summed E-state index contributed by atoms with van der Waals surface area (Å²) in [4.78, 5) is 11.2. The van der Waals surface area contributed by atoms with Crippen LogP contribution in [-0.2, 0) is 9.53 Å². The van der Waals surface area contributed by atoms with E-state index in [-0.39, 0.29) is 12.0 Å². The van der Waals surface area contributed by atoms with Crippen LogP contribution in [0.25, 0.3) is 0 Å². The van der Waals surface area contributed by atoms with E-state index < -0.39 is 0 Å². The molecular weight excluding hydrogens is 168 g/mol. The molecule has 0 aromatic rings. The van der Waals surface area contributed by atoms with Crippen molar-refractivity contribution in [3.05, 3.63) is 0 Å². The zero-order valence-electron chi connectivity index (χ0n) is 8.30. The zero-order chi connectivity index (χ0) is 9.68. The topological polar surface area (TPSA) is 50.4 Å². The third-order valence-electron chi connectivity index (χ3n) is 2.16. The number of methoxy groups -OCH3 is 1. The van der Waals surface area contributed by atoms with Gasteiger partial charge in [0.25, 0.3) is 0 Å². The summed E-state index contributed by atoms with van der Waals surface area (Å²) in [6.45, 7) is 3.28. The normalized spacial score (nSPS) is 18.3. The molecule has 13 heavy (non-hydrogen) atoms. The maximum Gasteiger partial charge on any atom is 0.248 e. The molecule has 4 nitrogen and oxygen atoms in total. The SMILES string of the molecule is COC(C)C(=O)NCCNC1CC1. The van der Waals surface area contributed by atoms with E-state index in [4.69, 9.17) is 4.74 Å². The van der Waals surface area contributed by atoms with Crippen molar-refractivity contribution in [2.45, 2.75) is 31.9 Å². The molecule has 1 amide bonds. The molecule has 1 aliphatic rings. The van der Waals surface area contributed by atoms with Gasteiger partial charge in [0.05, 0.1) is 0 Å². The molecule has 0 saturated heterocycles. The molecule has 0 heterocycles. The second-order valence-corrected chi connectivity index (χ2v) is 3.40. The summed E-state index contributed by atoms with van der Waals surface area (Å²) in [5.41, 5.74) is 0. The highest BCUT2D eigenvalue weighted by atomic mass is 16.5. The molecule has 1 aliphatic carbocycles. The van der Waals surface area contributed by atoms with Gasteiger partial charge in [0, 0.05) is 26.2 Å². The van der Waals surface area contributed by atoms with Gasteiger partial charge in [-0.05, 0) is 19.8 Å². The van der Waals surface area contributed by atoms with Crippen molar-refractivity contribution in [1.82, 2.24) is 10.6 Å². The van der Waals surface area contributed by atoms with Gasteiger partial charge in [-0.3, -0.25) is 4.79 Å². The highest BCUT2D eigenvalue weighted by molar-refractivity contribution is 5.80. The number of ether oxygens (including phenoxy) is 1. The first-order valence-corrected chi connectivity index (χ1v) is 4.78. The van der Waals surface area contributed by atoms with Crippen LogP contribution >= 0.6 is 0 Å². The third-order valence-corrected chi connectivity index (χ3v) is 2.16. The monoisotopic (exact) mass is 186 g/mol. The first kappa shape index (κ1) is 10.5. The molecular formula is C9H18N2O2. The highest BCUT2D eigenvalue weighted by Gasteiger charge is 2.19. The number of carbonyl (C=O) groups is 1. The maximum atomic E-state index is 11.2. The van der Waals surface area contributed by atoms with Crippen molar-refractivity contribution in [3.8, 4) is 0 Å². The first-order valence-electron chi connectivity index (χ1n) is 4.78. The summed E-state index contributed by atoms with van der Waals surface area (Å²) in [7, 11) is 1.53. The molecule has 1 fully saturated rings. The largest absolute Gasteiger partial charge is 0.372 e. The van der Waals surface area contributed by atoms with Gasteiger partial charge in [-0.15, -0.1) is 0 Å². The van der Waals surface area contributed by atoms with Crippen LogP contribution in [0.15, 0.2) is 0 Å². The third kappa shape index (κ3) is 4.24. The van der Waals surface area contributed by atoms with Gasteiger partial charge in [0.2, 0.25) is 5.91 Å². The number of carbonyl (C=O) groups excluding carboxylic acids is 1. The summed E-state index contributed by atoms with van der Waals surface area (Å²) in [6.07, 6.45) is 2.21. The number of hydrogen-bond acceptors (Lipinski definition) is 3. The number of amides is 1. The van der Waals surface area contributed by atoms with Crippen LogP contribution in [-0.4, -0.2) is 38.3 Å². The van der Waals surface area contributed by atoms with Crippen LogP contribution in [0, 0.1) is 0 Å². The summed E-state index contributed by atoms with van der Waals surface area (Å²) in [5, 5.41) is 6.10. The second kappa shape index (κ2) is 5.19. The molecule has 0 aromatic carbocycles. The first-order chi connectivity index (χ1) is 6.24. The molecule has 2 N–H and O–H groups in total. The molecule has 0 bridgehead atoms. The average Bonchev–Trinajstić information content (AvgIpc) is 2.94. The lowest BCUT2D eigenvalue weighted by molar-refractivity contribution is -0.129. The number of nitrogens with one attached hydrogen (secondary N) is 2. The quantitative estimate of drug-likeness (QED) is 0.569. The number of hydrogen-bond donors (Lipinski definition) is 2. The Morgan fingerprint density at radius 1 is 1.54 bits per heavy atom. The van der Waals surface area contributed by atoms with Crippen LogP contribution in [0.3, 0.4) is 0 Å². The predicted octanol–water partition coefficient (Wildman–Crippen LogP) is -0.110. The molecule has 1 atom stereocenters.